The van der Waals surface area contributed by atoms with E-state index >= 15 is 0 Å². The molecule has 5 heteroatoms. The normalized spacial score (nSPS) is 14.2. The van der Waals surface area contributed by atoms with Crippen LogP contribution >= 0.6 is 11.3 Å². The number of rotatable bonds is 7. The number of hydrogen-bond acceptors (Lipinski definition) is 5. The van der Waals surface area contributed by atoms with Gasteiger partial charge in [0, 0.05) is 29.6 Å². The quantitative estimate of drug-likeness (QED) is 0.818. The van der Waals surface area contributed by atoms with Crippen molar-refractivity contribution >= 4 is 11.3 Å². The van der Waals surface area contributed by atoms with Crippen LogP contribution in [0.5, 0.6) is 0 Å². The predicted molar refractivity (Wildman–Crippen MR) is 98.0 cm³/mol. The van der Waals surface area contributed by atoms with Crippen molar-refractivity contribution in [1.82, 2.24) is 15.2 Å². The van der Waals surface area contributed by atoms with Crippen molar-refractivity contribution in [3.8, 4) is 10.6 Å². The highest BCUT2D eigenvalue weighted by Gasteiger charge is 2.16. The molecular weight excluding hydrogens is 306 g/mol. The van der Waals surface area contributed by atoms with Crippen LogP contribution in [-0.2, 0) is 0 Å². The Morgan fingerprint density at radius 2 is 1.87 bits per heavy atom. The first-order valence-corrected chi connectivity index (χ1v) is 8.79. The monoisotopic (exact) mass is 333 g/mol. The van der Waals surface area contributed by atoms with Crippen molar-refractivity contribution in [2.75, 3.05) is 27.2 Å². The number of aliphatic hydroxyl groups is 1. The van der Waals surface area contributed by atoms with Gasteiger partial charge in [0.1, 0.15) is 5.01 Å². The summed E-state index contributed by atoms with van der Waals surface area (Å²) < 4.78 is 0. The summed E-state index contributed by atoms with van der Waals surface area (Å²) in [4.78, 5) is 7.94. The van der Waals surface area contributed by atoms with Gasteiger partial charge in [-0.3, -0.25) is 0 Å². The minimum absolute atomic E-state index is 0.184. The SMILES string of the molecule is Cc1ccc(-c2nc(C)c(C(C)NCC(O)CN(C)C)s2)cc1. The van der Waals surface area contributed by atoms with Gasteiger partial charge in [-0.1, -0.05) is 29.8 Å². The molecule has 2 atom stereocenters. The maximum Gasteiger partial charge on any atom is 0.123 e. The van der Waals surface area contributed by atoms with Gasteiger partial charge in [-0.15, -0.1) is 11.3 Å². The van der Waals surface area contributed by atoms with Crippen molar-refractivity contribution in [3.05, 3.63) is 40.4 Å². The number of aromatic nitrogens is 1. The molecule has 0 fully saturated rings. The molecule has 1 aromatic heterocycles. The molecule has 2 rings (SSSR count). The van der Waals surface area contributed by atoms with Gasteiger partial charge in [-0.2, -0.15) is 0 Å². The Bertz CT molecular complexity index is 622. The van der Waals surface area contributed by atoms with E-state index in [4.69, 9.17) is 4.98 Å². The second-order valence-corrected chi connectivity index (χ2v) is 7.41. The Hall–Kier alpha value is -1.27. The fourth-order valence-electron chi connectivity index (χ4n) is 2.52. The lowest BCUT2D eigenvalue weighted by Gasteiger charge is -2.19. The van der Waals surface area contributed by atoms with Crippen LogP contribution < -0.4 is 5.32 Å². The Labute approximate surface area is 143 Å². The largest absolute Gasteiger partial charge is 0.390 e. The first kappa shape index (κ1) is 18.1. The average molecular weight is 334 g/mol. The average Bonchev–Trinajstić information content (AvgIpc) is 2.87. The predicted octanol–water partition coefficient (Wildman–Crippen LogP) is 3.00. The molecule has 23 heavy (non-hydrogen) atoms. The maximum atomic E-state index is 9.98. The second-order valence-electron chi connectivity index (χ2n) is 6.38. The molecule has 1 heterocycles. The van der Waals surface area contributed by atoms with Gasteiger partial charge < -0.3 is 15.3 Å². The standard InChI is InChI=1S/C18H27N3OS/c1-12-6-8-15(9-7-12)18-20-14(3)17(23-18)13(2)19-10-16(22)11-21(4)5/h6-9,13,16,19,22H,10-11H2,1-5H3. The van der Waals surface area contributed by atoms with Crippen molar-refractivity contribution in [3.63, 3.8) is 0 Å². The Kier molecular flexibility index (Phi) is 6.30. The van der Waals surface area contributed by atoms with E-state index in [1.807, 2.05) is 19.0 Å². The van der Waals surface area contributed by atoms with Crippen molar-refractivity contribution in [2.45, 2.75) is 32.9 Å². The number of aryl methyl sites for hydroxylation is 2. The van der Waals surface area contributed by atoms with Crippen LogP contribution in [0.15, 0.2) is 24.3 Å². The fraction of sp³-hybridized carbons (Fsp3) is 0.500. The van der Waals surface area contributed by atoms with Gasteiger partial charge >= 0.3 is 0 Å². The first-order valence-electron chi connectivity index (χ1n) is 7.97. The lowest BCUT2D eigenvalue weighted by Crippen LogP contribution is -2.36. The van der Waals surface area contributed by atoms with E-state index in [1.165, 1.54) is 10.4 Å². The van der Waals surface area contributed by atoms with Crippen molar-refractivity contribution in [2.24, 2.45) is 0 Å². The zero-order chi connectivity index (χ0) is 17.0. The first-order chi connectivity index (χ1) is 10.9. The molecule has 2 N–H and O–H groups in total. The van der Waals surface area contributed by atoms with Crippen LogP contribution in [0.1, 0.15) is 29.1 Å². The molecular formula is C18H27N3OS. The number of nitrogens with one attached hydrogen (secondary N) is 1. The summed E-state index contributed by atoms with van der Waals surface area (Å²) in [5.41, 5.74) is 3.48. The summed E-state index contributed by atoms with van der Waals surface area (Å²) >= 11 is 1.73. The van der Waals surface area contributed by atoms with Crippen LogP contribution in [0.2, 0.25) is 0 Å². The summed E-state index contributed by atoms with van der Waals surface area (Å²) in [6.45, 7) is 7.51. The highest BCUT2D eigenvalue weighted by molar-refractivity contribution is 7.15. The molecule has 0 radical (unpaired) electrons. The van der Waals surface area contributed by atoms with E-state index < -0.39 is 0 Å². The number of likely N-dealkylation sites (N-methyl/N-ethyl adjacent to an activating group) is 1. The molecule has 0 aliphatic rings. The summed E-state index contributed by atoms with van der Waals surface area (Å²) in [7, 11) is 3.93. The number of thiazole rings is 1. The molecule has 126 valence electrons. The van der Waals surface area contributed by atoms with Gasteiger partial charge in [0.15, 0.2) is 0 Å². The third-order valence-electron chi connectivity index (χ3n) is 3.76. The highest BCUT2D eigenvalue weighted by Crippen LogP contribution is 2.31. The van der Waals surface area contributed by atoms with Crippen LogP contribution in [-0.4, -0.2) is 48.3 Å². The zero-order valence-electron chi connectivity index (χ0n) is 14.6. The number of hydrogen-bond donors (Lipinski definition) is 2. The number of nitrogens with zero attached hydrogens (tertiary/aromatic N) is 2. The summed E-state index contributed by atoms with van der Waals surface area (Å²) in [5.74, 6) is 0. The number of benzene rings is 1. The van der Waals surface area contributed by atoms with Crippen LogP contribution in [0.3, 0.4) is 0 Å². The van der Waals surface area contributed by atoms with E-state index in [2.05, 4.69) is 50.4 Å². The minimum atomic E-state index is -0.364. The van der Waals surface area contributed by atoms with Crippen molar-refractivity contribution in [1.29, 1.82) is 0 Å². The molecule has 0 bridgehead atoms. The fourth-order valence-corrected chi connectivity index (χ4v) is 3.62. The lowest BCUT2D eigenvalue weighted by molar-refractivity contribution is 0.132. The Balaban J connectivity index is 2.04. The third-order valence-corrected chi connectivity index (χ3v) is 5.15. The van der Waals surface area contributed by atoms with Crippen LogP contribution in [0, 0.1) is 13.8 Å². The summed E-state index contributed by atoms with van der Waals surface area (Å²) in [5, 5.41) is 14.4. The molecule has 0 amide bonds. The van der Waals surface area contributed by atoms with Gasteiger partial charge in [-0.25, -0.2) is 4.98 Å². The summed E-state index contributed by atoms with van der Waals surface area (Å²) in [6.07, 6.45) is -0.364. The molecule has 0 spiro atoms. The van der Waals surface area contributed by atoms with Crippen LogP contribution in [0.4, 0.5) is 0 Å². The second kappa shape index (κ2) is 8.02. The molecule has 1 aromatic carbocycles. The highest BCUT2D eigenvalue weighted by atomic mass is 32.1. The smallest absolute Gasteiger partial charge is 0.123 e. The third kappa shape index (κ3) is 5.11. The molecule has 0 saturated carbocycles. The van der Waals surface area contributed by atoms with E-state index in [9.17, 15) is 5.11 Å². The Morgan fingerprint density at radius 3 is 2.48 bits per heavy atom. The molecule has 0 aliphatic heterocycles. The molecule has 0 aliphatic carbocycles. The van der Waals surface area contributed by atoms with E-state index in [0.717, 1.165) is 16.3 Å². The van der Waals surface area contributed by atoms with Gasteiger partial charge in [0.2, 0.25) is 0 Å². The molecule has 0 saturated heterocycles. The van der Waals surface area contributed by atoms with Gasteiger partial charge in [-0.05, 0) is 34.9 Å². The van der Waals surface area contributed by atoms with Gasteiger partial charge in [0.05, 0.1) is 11.8 Å². The Morgan fingerprint density at radius 1 is 1.22 bits per heavy atom. The molecule has 4 nitrogen and oxygen atoms in total. The lowest BCUT2D eigenvalue weighted by atomic mass is 10.2. The topological polar surface area (TPSA) is 48.4 Å². The van der Waals surface area contributed by atoms with E-state index in [-0.39, 0.29) is 12.1 Å². The zero-order valence-corrected chi connectivity index (χ0v) is 15.4. The molecule has 2 aromatic rings. The van der Waals surface area contributed by atoms with Crippen LogP contribution in [0.25, 0.3) is 10.6 Å². The molecule has 2 unspecified atom stereocenters. The minimum Gasteiger partial charge on any atom is -0.390 e. The number of aliphatic hydroxyl groups excluding tert-OH is 1. The van der Waals surface area contributed by atoms with Gasteiger partial charge in [0.25, 0.3) is 0 Å². The van der Waals surface area contributed by atoms with E-state index in [1.54, 1.807) is 11.3 Å². The van der Waals surface area contributed by atoms with E-state index in [0.29, 0.717) is 13.1 Å². The summed E-state index contributed by atoms with van der Waals surface area (Å²) in [6, 6.07) is 8.66. The maximum absolute atomic E-state index is 9.98. The van der Waals surface area contributed by atoms with Crippen molar-refractivity contribution < 1.29 is 5.11 Å².